The molecule has 0 bridgehead atoms. The number of carbonyl (C=O) groups is 1. The van der Waals surface area contributed by atoms with Gasteiger partial charge < -0.3 is 24.1 Å². The van der Waals surface area contributed by atoms with Crippen LogP contribution in [0.4, 0.5) is 31.1 Å². The minimum absolute atomic E-state index is 0.0694. The number of carbonyl (C=O) groups excluding carboxylic acids is 1. The summed E-state index contributed by atoms with van der Waals surface area (Å²) in [4.78, 5) is 12.8. The zero-order chi connectivity index (χ0) is 37.7. The van der Waals surface area contributed by atoms with Gasteiger partial charge in [0.15, 0.2) is 0 Å². The van der Waals surface area contributed by atoms with E-state index >= 15 is 0 Å². The minimum Gasteiger partial charge on any atom is -0.493 e. The SMILES string of the molecule is CC(CCc1ccc(OCCCc2ccc(OC(F)(F)F)cc2)c(C(F)(F)F)c1)(COP(=O)(C(C)(C)C)C(C)(C)C)NC(=O)OC(C)(C)C. The van der Waals surface area contributed by atoms with Gasteiger partial charge in [-0.25, -0.2) is 4.79 Å². The summed E-state index contributed by atoms with van der Waals surface area (Å²) in [6.07, 6.45) is -9.39. The first-order valence-corrected chi connectivity index (χ1v) is 17.6. The van der Waals surface area contributed by atoms with Gasteiger partial charge >= 0.3 is 18.6 Å². The summed E-state index contributed by atoms with van der Waals surface area (Å²) in [5.74, 6) is -0.731. The van der Waals surface area contributed by atoms with Gasteiger partial charge in [0.05, 0.1) is 24.3 Å². The molecule has 2 aromatic rings. The number of rotatable bonds is 13. The van der Waals surface area contributed by atoms with E-state index in [1.165, 1.54) is 24.3 Å². The summed E-state index contributed by atoms with van der Waals surface area (Å²) in [7, 11) is -3.35. The summed E-state index contributed by atoms with van der Waals surface area (Å²) < 4.78 is 115. The highest BCUT2D eigenvalue weighted by atomic mass is 31.2. The molecule has 0 saturated heterocycles. The third kappa shape index (κ3) is 13.4. The second kappa shape index (κ2) is 15.5. The van der Waals surface area contributed by atoms with E-state index in [4.69, 9.17) is 14.0 Å². The van der Waals surface area contributed by atoms with E-state index in [0.29, 0.717) is 24.0 Å². The molecule has 1 atom stereocenters. The highest BCUT2D eigenvalue weighted by Crippen LogP contribution is 2.67. The van der Waals surface area contributed by atoms with Crippen LogP contribution in [-0.4, -0.2) is 47.1 Å². The molecule has 0 fully saturated rings. The average Bonchev–Trinajstić information content (AvgIpc) is 2.90. The smallest absolute Gasteiger partial charge is 0.493 e. The number of alkyl halides is 6. The molecule has 1 N–H and O–H groups in total. The van der Waals surface area contributed by atoms with Gasteiger partial charge in [0.25, 0.3) is 0 Å². The van der Waals surface area contributed by atoms with E-state index in [1.54, 1.807) is 27.7 Å². The number of aryl methyl sites for hydroxylation is 2. The van der Waals surface area contributed by atoms with E-state index in [9.17, 15) is 35.7 Å². The Hall–Kier alpha value is -2.92. The van der Waals surface area contributed by atoms with Gasteiger partial charge in [0.2, 0.25) is 7.37 Å². The van der Waals surface area contributed by atoms with Crippen LogP contribution in [0, 0.1) is 0 Å². The van der Waals surface area contributed by atoms with Crippen molar-refractivity contribution < 1.29 is 54.4 Å². The molecule has 0 spiro atoms. The second-order valence-corrected chi connectivity index (χ2v) is 19.4. The van der Waals surface area contributed by atoms with Crippen molar-refractivity contribution in [3.63, 3.8) is 0 Å². The van der Waals surface area contributed by atoms with E-state index in [2.05, 4.69) is 10.1 Å². The lowest BCUT2D eigenvalue weighted by Crippen LogP contribution is -2.51. The Kier molecular flexibility index (Phi) is 13.4. The molecule has 14 heteroatoms. The molecule has 1 unspecified atom stereocenters. The van der Waals surface area contributed by atoms with E-state index in [-0.39, 0.29) is 37.6 Å². The molecule has 7 nitrogen and oxygen atoms in total. The summed E-state index contributed by atoms with van der Waals surface area (Å²) in [5.41, 5.74) is -1.96. The van der Waals surface area contributed by atoms with Crippen molar-refractivity contribution in [2.24, 2.45) is 0 Å². The Labute approximate surface area is 285 Å². The van der Waals surface area contributed by atoms with E-state index in [1.807, 2.05) is 41.5 Å². The van der Waals surface area contributed by atoms with Gasteiger partial charge in [-0.05, 0) is 88.8 Å². The quantitative estimate of drug-likeness (QED) is 0.126. The van der Waals surface area contributed by atoms with Gasteiger partial charge in [-0.3, -0.25) is 4.57 Å². The van der Waals surface area contributed by atoms with Crippen molar-refractivity contribution in [1.29, 1.82) is 0 Å². The van der Waals surface area contributed by atoms with Gasteiger partial charge in [-0.15, -0.1) is 13.2 Å². The molecule has 1 amide bonds. The maximum absolute atomic E-state index is 14.2. The van der Waals surface area contributed by atoms with Crippen LogP contribution in [0.5, 0.6) is 11.5 Å². The first kappa shape index (κ1) is 42.2. The zero-order valence-corrected chi connectivity index (χ0v) is 30.8. The lowest BCUT2D eigenvalue weighted by molar-refractivity contribution is -0.274. The number of nitrogens with one attached hydrogen (secondary N) is 1. The number of hydrogen-bond acceptors (Lipinski definition) is 6. The first-order chi connectivity index (χ1) is 22.0. The van der Waals surface area contributed by atoms with Crippen LogP contribution in [-0.2, 0) is 32.8 Å². The third-order valence-corrected chi connectivity index (χ3v) is 11.5. The summed E-state index contributed by atoms with van der Waals surface area (Å²) in [5, 5.41) is 1.34. The van der Waals surface area contributed by atoms with E-state index in [0.717, 1.165) is 18.2 Å². The fourth-order valence-electron chi connectivity index (χ4n) is 5.16. The maximum Gasteiger partial charge on any atom is 0.573 e. The predicted octanol–water partition coefficient (Wildman–Crippen LogP) is 10.7. The molecule has 0 aliphatic carbocycles. The number of amides is 1. The molecule has 49 heavy (non-hydrogen) atoms. The topological polar surface area (TPSA) is 83.1 Å². The first-order valence-electron chi connectivity index (χ1n) is 16.0. The van der Waals surface area contributed by atoms with Gasteiger partial charge in [0, 0.05) is 10.3 Å². The van der Waals surface area contributed by atoms with Crippen molar-refractivity contribution in [3.05, 3.63) is 59.2 Å². The Morgan fingerprint density at radius 2 is 1.33 bits per heavy atom. The number of hydrogen-bond donors (Lipinski definition) is 1. The molecule has 0 saturated carbocycles. The lowest BCUT2D eigenvalue weighted by Gasteiger charge is -2.42. The Bertz CT molecular complexity index is 1420. The molecule has 0 radical (unpaired) electrons. The molecule has 278 valence electrons. The van der Waals surface area contributed by atoms with Gasteiger partial charge in [-0.1, -0.05) is 59.7 Å². The third-order valence-electron chi connectivity index (χ3n) is 7.47. The monoisotopic (exact) mass is 725 g/mol. The standard InChI is InChI=1S/C35H50F6NO6P/c1-30(2,3)48-29(43)42-33(10,23-46-49(44,31(4,5)6)32(7,8)9)20-19-25-15-18-28(27(22-25)34(36,37)38)45-21-11-12-24-13-16-26(17-14-24)47-35(39,40)41/h13-18,22H,11-12,19-21,23H2,1-10H3,(H,42,43). The van der Waals surface area contributed by atoms with Crippen LogP contribution in [0.25, 0.3) is 0 Å². The molecule has 0 aliphatic rings. The van der Waals surface area contributed by atoms with Crippen molar-refractivity contribution in [1.82, 2.24) is 5.32 Å². The minimum atomic E-state index is -4.81. The predicted molar refractivity (Wildman–Crippen MR) is 178 cm³/mol. The zero-order valence-electron chi connectivity index (χ0n) is 29.9. The summed E-state index contributed by atoms with van der Waals surface area (Å²) in [6.45, 7) is 17.4. The molecule has 2 rings (SSSR count). The van der Waals surface area contributed by atoms with Crippen LogP contribution in [0.15, 0.2) is 42.5 Å². The van der Waals surface area contributed by atoms with Crippen molar-refractivity contribution >= 4 is 13.5 Å². The summed E-state index contributed by atoms with van der Waals surface area (Å²) in [6, 6.07) is 8.96. The summed E-state index contributed by atoms with van der Waals surface area (Å²) >= 11 is 0. The van der Waals surface area contributed by atoms with Crippen molar-refractivity contribution in [3.8, 4) is 11.5 Å². The highest BCUT2D eigenvalue weighted by molar-refractivity contribution is 7.62. The van der Waals surface area contributed by atoms with Gasteiger partial charge in [-0.2, -0.15) is 13.2 Å². The molecule has 0 aromatic heterocycles. The van der Waals surface area contributed by atoms with Crippen LogP contribution in [0.1, 0.15) is 98.8 Å². The van der Waals surface area contributed by atoms with Crippen LogP contribution in [0.3, 0.4) is 0 Å². The number of ether oxygens (including phenoxy) is 3. The Morgan fingerprint density at radius 3 is 1.82 bits per heavy atom. The number of alkyl carbamates (subject to hydrolysis) is 1. The second-order valence-electron chi connectivity index (χ2n) is 15.3. The molecular weight excluding hydrogens is 675 g/mol. The largest absolute Gasteiger partial charge is 0.573 e. The maximum atomic E-state index is 14.2. The lowest BCUT2D eigenvalue weighted by atomic mass is 9.93. The number of benzene rings is 2. The van der Waals surface area contributed by atoms with Crippen molar-refractivity contribution in [2.45, 2.75) is 129 Å². The van der Waals surface area contributed by atoms with Gasteiger partial charge in [0.1, 0.15) is 17.1 Å². The molecule has 0 heterocycles. The molecule has 0 aliphatic heterocycles. The van der Waals surface area contributed by atoms with Crippen LogP contribution < -0.4 is 14.8 Å². The molecule has 2 aromatic carbocycles. The van der Waals surface area contributed by atoms with Crippen LogP contribution in [0.2, 0.25) is 0 Å². The molecular formula is C35H50F6NO6P. The normalized spacial score (nSPS) is 14.6. The Morgan fingerprint density at radius 1 is 0.776 bits per heavy atom. The highest BCUT2D eigenvalue weighted by Gasteiger charge is 2.49. The fraction of sp³-hybridized carbons (Fsp3) is 0.629. The van der Waals surface area contributed by atoms with Crippen LogP contribution >= 0.6 is 7.37 Å². The average molecular weight is 726 g/mol. The van der Waals surface area contributed by atoms with Crippen molar-refractivity contribution in [2.75, 3.05) is 13.2 Å². The Balaban J connectivity index is 2.21. The van der Waals surface area contributed by atoms with E-state index < -0.39 is 53.0 Å². The number of halogens is 6. The fourth-order valence-corrected chi connectivity index (χ4v) is 8.42.